The van der Waals surface area contributed by atoms with Crippen LogP contribution in [0.3, 0.4) is 0 Å². The molecular weight excluding hydrogens is 286 g/mol. The van der Waals surface area contributed by atoms with Crippen LogP contribution < -0.4 is 0 Å². The van der Waals surface area contributed by atoms with Crippen molar-refractivity contribution in [1.82, 2.24) is 14.5 Å². The van der Waals surface area contributed by atoms with Gasteiger partial charge in [0.2, 0.25) is 0 Å². The maximum Gasteiger partial charge on any atom is 0.313 e. The third-order valence-corrected chi connectivity index (χ3v) is 4.15. The van der Waals surface area contributed by atoms with Crippen LogP contribution in [-0.4, -0.2) is 31.4 Å². The number of aliphatic carboxylic acids is 1. The summed E-state index contributed by atoms with van der Waals surface area (Å²) in [6, 6.07) is 3.88. The van der Waals surface area contributed by atoms with Gasteiger partial charge in [0, 0.05) is 12.2 Å². The Morgan fingerprint density at radius 2 is 2.14 bits per heavy atom. The van der Waals surface area contributed by atoms with Crippen LogP contribution in [0.5, 0.6) is 0 Å². The number of carboxylic acid groups (broad SMARTS) is 1. The number of hydrogen-bond donors (Lipinski definition) is 1. The molecule has 0 unspecified atom stereocenters. The van der Waals surface area contributed by atoms with Crippen molar-refractivity contribution in [3.63, 3.8) is 0 Å². The molecule has 1 N–H and O–H groups in total. The molecular formula is C15H21N3O2S. The average Bonchev–Trinajstić information content (AvgIpc) is 2.74. The SMILES string of the molecule is Cc1ccc2nc(SCC(=O)O)n(CCCC(C)C)c2n1. The van der Waals surface area contributed by atoms with E-state index in [1.807, 2.05) is 19.1 Å². The van der Waals surface area contributed by atoms with Crippen molar-refractivity contribution in [3.05, 3.63) is 17.8 Å². The van der Waals surface area contributed by atoms with Crippen LogP contribution in [0.15, 0.2) is 17.3 Å². The molecule has 5 nitrogen and oxygen atoms in total. The summed E-state index contributed by atoms with van der Waals surface area (Å²) < 4.78 is 2.05. The number of imidazole rings is 1. The maximum absolute atomic E-state index is 10.8. The number of fused-ring (bicyclic) bond motifs is 1. The van der Waals surface area contributed by atoms with Gasteiger partial charge in [-0.2, -0.15) is 0 Å². The zero-order valence-corrected chi connectivity index (χ0v) is 13.5. The van der Waals surface area contributed by atoms with Crippen LogP contribution in [0.25, 0.3) is 11.2 Å². The average molecular weight is 307 g/mol. The molecule has 0 saturated heterocycles. The molecule has 0 saturated carbocycles. The first-order chi connectivity index (χ1) is 9.97. The highest BCUT2D eigenvalue weighted by Crippen LogP contribution is 2.24. The second-order valence-electron chi connectivity index (χ2n) is 5.56. The van der Waals surface area contributed by atoms with E-state index in [0.29, 0.717) is 5.92 Å². The molecule has 0 aliphatic carbocycles. The minimum atomic E-state index is -0.829. The van der Waals surface area contributed by atoms with Gasteiger partial charge in [-0.05, 0) is 37.8 Å². The Morgan fingerprint density at radius 1 is 1.38 bits per heavy atom. The van der Waals surface area contributed by atoms with Gasteiger partial charge in [-0.3, -0.25) is 4.79 Å². The number of carbonyl (C=O) groups is 1. The number of nitrogens with zero attached hydrogens (tertiary/aromatic N) is 3. The molecule has 0 atom stereocenters. The second kappa shape index (κ2) is 6.93. The van der Waals surface area contributed by atoms with E-state index in [2.05, 4.69) is 28.4 Å². The summed E-state index contributed by atoms with van der Waals surface area (Å²) in [5, 5.41) is 9.60. The summed E-state index contributed by atoms with van der Waals surface area (Å²) in [5.74, 6) is -0.151. The lowest BCUT2D eigenvalue weighted by molar-refractivity contribution is -0.133. The first-order valence-corrected chi connectivity index (χ1v) is 8.14. The van der Waals surface area contributed by atoms with E-state index in [9.17, 15) is 4.79 Å². The van der Waals surface area contributed by atoms with Crippen LogP contribution in [-0.2, 0) is 11.3 Å². The molecule has 0 spiro atoms. The maximum atomic E-state index is 10.8. The van der Waals surface area contributed by atoms with Crippen LogP contribution in [0.2, 0.25) is 0 Å². The van der Waals surface area contributed by atoms with Gasteiger partial charge >= 0.3 is 5.97 Å². The molecule has 0 amide bonds. The fourth-order valence-electron chi connectivity index (χ4n) is 2.17. The third-order valence-electron chi connectivity index (χ3n) is 3.18. The molecule has 2 aromatic rings. The number of hydrogen-bond acceptors (Lipinski definition) is 4. The van der Waals surface area contributed by atoms with E-state index < -0.39 is 5.97 Å². The Labute approximate surface area is 128 Å². The lowest BCUT2D eigenvalue weighted by Crippen LogP contribution is -2.05. The molecule has 2 heterocycles. The van der Waals surface area contributed by atoms with Crippen molar-refractivity contribution in [2.24, 2.45) is 5.92 Å². The minimum absolute atomic E-state index is 0.0203. The van der Waals surface area contributed by atoms with E-state index >= 15 is 0 Å². The van der Waals surface area contributed by atoms with Gasteiger partial charge in [0.25, 0.3) is 0 Å². The van der Waals surface area contributed by atoms with Crippen molar-refractivity contribution < 1.29 is 9.90 Å². The van der Waals surface area contributed by atoms with Crippen molar-refractivity contribution >= 4 is 28.9 Å². The third kappa shape index (κ3) is 4.20. The Kier molecular flexibility index (Phi) is 5.22. The van der Waals surface area contributed by atoms with Crippen molar-refractivity contribution in [2.75, 3.05) is 5.75 Å². The highest BCUT2D eigenvalue weighted by molar-refractivity contribution is 7.99. The number of carboxylic acids is 1. The van der Waals surface area contributed by atoms with Gasteiger partial charge in [0.15, 0.2) is 10.8 Å². The monoisotopic (exact) mass is 307 g/mol. The number of pyridine rings is 1. The molecule has 0 aromatic carbocycles. The van der Waals surface area contributed by atoms with Crippen LogP contribution in [0.1, 0.15) is 32.4 Å². The Hall–Kier alpha value is -1.56. The zero-order valence-electron chi connectivity index (χ0n) is 12.7. The Bertz CT molecular complexity index is 637. The zero-order chi connectivity index (χ0) is 15.4. The lowest BCUT2D eigenvalue weighted by atomic mass is 10.1. The molecule has 0 aliphatic heterocycles. The molecule has 2 aromatic heterocycles. The van der Waals surface area contributed by atoms with Gasteiger partial charge in [-0.25, -0.2) is 9.97 Å². The smallest absolute Gasteiger partial charge is 0.313 e. The summed E-state index contributed by atoms with van der Waals surface area (Å²) in [6.07, 6.45) is 2.17. The van der Waals surface area contributed by atoms with Gasteiger partial charge in [-0.15, -0.1) is 0 Å². The number of rotatable bonds is 7. The standard InChI is InChI=1S/C15H21N3O2S/c1-10(2)5-4-8-18-14-12(7-6-11(3)16-14)17-15(18)21-9-13(19)20/h6-7,10H,4-5,8-9H2,1-3H3,(H,19,20). The highest BCUT2D eigenvalue weighted by Gasteiger charge is 2.14. The Morgan fingerprint density at radius 3 is 2.81 bits per heavy atom. The molecule has 2 rings (SSSR count). The van der Waals surface area contributed by atoms with Gasteiger partial charge in [0.05, 0.1) is 5.75 Å². The summed E-state index contributed by atoms with van der Waals surface area (Å²) >= 11 is 1.26. The Balaban J connectivity index is 2.28. The predicted molar refractivity (Wildman–Crippen MR) is 84.7 cm³/mol. The summed E-state index contributed by atoms with van der Waals surface area (Å²) in [7, 11) is 0. The van der Waals surface area contributed by atoms with E-state index in [1.54, 1.807) is 0 Å². The summed E-state index contributed by atoms with van der Waals surface area (Å²) in [5.41, 5.74) is 2.63. The van der Waals surface area contributed by atoms with Crippen molar-refractivity contribution in [1.29, 1.82) is 0 Å². The lowest BCUT2D eigenvalue weighted by Gasteiger charge is -2.09. The summed E-state index contributed by atoms with van der Waals surface area (Å²) in [4.78, 5) is 19.9. The normalized spacial score (nSPS) is 11.4. The van der Waals surface area contributed by atoms with E-state index in [1.165, 1.54) is 11.8 Å². The van der Waals surface area contributed by atoms with E-state index in [-0.39, 0.29) is 5.75 Å². The molecule has 114 valence electrons. The van der Waals surface area contributed by atoms with Crippen molar-refractivity contribution in [3.8, 4) is 0 Å². The van der Waals surface area contributed by atoms with Gasteiger partial charge in [-0.1, -0.05) is 25.6 Å². The minimum Gasteiger partial charge on any atom is -0.481 e. The van der Waals surface area contributed by atoms with Crippen LogP contribution >= 0.6 is 11.8 Å². The highest BCUT2D eigenvalue weighted by atomic mass is 32.2. The number of thioether (sulfide) groups is 1. The fraction of sp³-hybridized carbons (Fsp3) is 0.533. The van der Waals surface area contributed by atoms with Crippen molar-refractivity contribution in [2.45, 2.75) is 45.3 Å². The molecule has 0 radical (unpaired) electrons. The largest absolute Gasteiger partial charge is 0.481 e. The predicted octanol–water partition coefficient (Wildman–Crippen LogP) is 3.35. The van der Waals surface area contributed by atoms with E-state index in [0.717, 1.165) is 41.4 Å². The van der Waals surface area contributed by atoms with E-state index in [4.69, 9.17) is 5.11 Å². The molecule has 6 heteroatoms. The van der Waals surface area contributed by atoms with Gasteiger partial charge < -0.3 is 9.67 Å². The second-order valence-corrected chi connectivity index (χ2v) is 6.50. The first-order valence-electron chi connectivity index (χ1n) is 7.16. The summed E-state index contributed by atoms with van der Waals surface area (Å²) in [6.45, 7) is 7.19. The first kappa shape index (κ1) is 15.8. The van der Waals surface area contributed by atoms with Gasteiger partial charge in [0.1, 0.15) is 5.52 Å². The topological polar surface area (TPSA) is 68.0 Å². The molecule has 0 fully saturated rings. The fourth-order valence-corrected chi connectivity index (χ4v) is 2.92. The molecule has 0 aliphatic rings. The van der Waals surface area contributed by atoms with Crippen LogP contribution in [0, 0.1) is 12.8 Å². The van der Waals surface area contributed by atoms with Crippen LogP contribution in [0.4, 0.5) is 0 Å². The molecule has 21 heavy (non-hydrogen) atoms. The number of aromatic nitrogens is 3. The quantitative estimate of drug-likeness (QED) is 0.794. The molecule has 0 bridgehead atoms. The number of aryl methyl sites for hydroxylation is 2.